The number of anilines is 1. The monoisotopic (exact) mass is 294 g/mol. The van der Waals surface area contributed by atoms with Crippen LogP contribution in [0.3, 0.4) is 0 Å². The van der Waals surface area contributed by atoms with E-state index in [4.69, 9.17) is 22.1 Å². The quantitative estimate of drug-likeness (QED) is 0.897. The molecule has 6 nitrogen and oxygen atoms in total. The maximum Gasteiger partial charge on any atom is 0.240 e. The van der Waals surface area contributed by atoms with Gasteiger partial charge in [-0.3, -0.25) is 4.79 Å². The number of nitriles is 1. The number of carbonyl (C=O) groups is 1. The van der Waals surface area contributed by atoms with Crippen molar-refractivity contribution >= 4 is 23.3 Å². The summed E-state index contributed by atoms with van der Waals surface area (Å²) in [7, 11) is 1.58. The summed E-state index contributed by atoms with van der Waals surface area (Å²) in [5.41, 5.74) is 6.43. The molecule has 2 heterocycles. The first kappa shape index (κ1) is 14.6. The summed E-state index contributed by atoms with van der Waals surface area (Å²) in [6, 6.07) is 1.56. The van der Waals surface area contributed by atoms with Gasteiger partial charge in [0.25, 0.3) is 0 Å². The van der Waals surface area contributed by atoms with Gasteiger partial charge in [0.05, 0.1) is 16.7 Å². The Bertz CT molecular complexity index is 584. The number of methoxy groups -OCH3 is 1. The van der Waals surface area contributed by atoms with E-state index in [0.717, 1.165) is 0 Å². The number of amides is 1. The molecule has 1 aromatic heterocycles. The van der Waals surface area contributed by atoms with Crippen molar-refractivity contribution in [1.29, 1.82) is 5.26 Å². The molecule has 1 aliphatic heterocycles. The Hall–Kier alpha value is -1.84. The highest BCUT2D eigenvalue weighted by Crippen LogP contribution is 2.31. The fourth-order valence-electron chi connectivity index (χ4n) is 2.39. The van der Waals surface area contributed by atoms with Gasteiger partial charge in [-0.2, -0.15) is 5.26 Å². The van der Waals surface area contributed by atoms with Gasteiger partial charge in [0.2, 0.25) is 5.91 Å². The van der Waals surface area contributed by atoms with Crippen molar-refractivity contribution in [3.05, 3.63) is 22.3 Å². The van der Waals surface area contributed by atoms with Crippen molar-refractivity contribution in [2.75, 3.05) is 18.6 Å². The Morgan fingerprint density at radius 1 is 1.70 bits per heavy atom. The molecule has 1 amide bonds. The van der Waals surface area contributed by atoms with Crippen LogP contribution in [-0.4, -0.2) is 36.7 Å². The Morgan fingerprint density at radius 2 is 2.40 bits per heavy atom. The van der Waals surface area contributed by atoms with E-state index in [0.29, 0.717) is 34.9 Å². The van der Waals surface area contributed by atoms with Crippen molar-refractivity contribution in [3.63, 3.8) is 0 Å². The minimum atomic E-state index is -0.528. The first-order chi connectivity index (χ1) is 9.49. The summed E-state index contributed by atoms with van der Waals surface area (Å²) in [6.07, 6.45) is 1.85. The second-order valence-electron chi connectivity index (χ2n) is 4.71. The third-order valence-corrected chi connectivity index (χ3v) is 3.95. The highest BCUT2D eigenvalue weighted by Gasteiger charge is 2.38. The summed E-state index contributed by atoms with van der Waals surface area (Å²) in [6.45, 7) is 2.21. The number of pyridine rings is 1. The normalized spacial score (nSPS) is 21.8. The van der Waals surface area contributed by atoms with Gasteiger partial charge in [-0.05, 0) is 12.5 Å². The third-order valence-electron chi connectivity index (χ3n) is 3.57. The highest BCUT2D eigenvalue weighted by molar-refractivity contribution is 6.31. The first-order valence-electron chi connectivity index (χ1n) is 6.13. The number of rotatable bonds is 3. The fraction of sp³-hybridized carbons (Fsp3) is 0.462. The summed E-state index contributed by atoms with van der Waals surface area (Å²) in [4.78, 5) is 17.5. The molecule has 1 saturated heterocycles. The van der Waals surface area contributed by atoms with Crippen LogP contribution in [0.15, 0.2) is 6.20 Å². The average Bonchev–Trinajstić information content (AvgIpc) is 2.86. The summed E-state index contributed by atoms with van der Waals surface area (Å²) in [5, 5.41) is 9.73. The number of nitrogens with two attached hydrogens (primary N) is 1. The van der Waals surface area contributed by atoms with E-state index in [9.17, 15) is 10.1 Å². The van der Waals surface area contributed by atoms with Crippen LogP contribution in [0.4, 0.5) is 5.82 Å². The van der Waals surface area contributed by atoms with Gasteiger partial charge in [-0.15, -0.1) is 0 Å². The van der Waals surface area contributed by atoms with E-state index < -0.39 is 11.9 Å². The van der Waals surface area contributed by atoms with Crippen molar-refractivity contribution in [3.8, 4) is 6.07 Å². The van der Waals surface area contributed by atoms with E-state index in [1.807, 2.05) is 0 Å². The van der Waals surface area contributed by atoms with E-state index in [1.54, 1.807) is 18.9 Å². The molecule has 0 aliphatic carbocycles. The van der Waals surface area contributed by atoms with Crippen LogP contribution in [0.5, 0.6) is 0 Å². The van der Waals surface area contributed by atoms with Crippen LogP contribution < -0.4 is 10.6 Å². The van der Waals surface area contributed by atoms with Gasteiger partial charge in [0.1, 0.15) is 17.9 Å². The number of nitrogens with zero attached hydrogens (tertiary/aromatic N) is 3. The van der Waals surface area contributed by atoms with Crippen LogP contribution in [0.25, 0.3) is 0 Å². The van der Waals surface area contributed by atoms with E-state index in [1.165, 1.54) is 6.20 Å². The second kappa shape index (κ2) is 5.65. The van der Waals surface area contributed by atoms with Gasteiger partial charge in [-0.25, -0.2) is 4.98 Å². The van der Waals surface area contributed by atoms with Gasteiger partial charge in [0.15, 0.2) is 0 Å². The lowest BCUT2D eigenvalue weighted by Crippen LogP contribution is -2.41. The number of ether oxygens (including phenoxy) is 1. The number of halogens is 1. The molecule has 106 valence electrons. The Morgan fingerprint density at radius 3 is 2.95 bits per heavy atom. The number of aromatic nitrogens is 1. The molecule has 1 fully saturated rings. The van der Waals surface area contributed by atoms with Crippen molar-refractivity contribution in [2.45, 2.75) is 25.5 Å². The molecule has 0 unspecified atom stereocenters. The lowest BCUT2D eigenvalue weighted by Gasteiger charge is -2.24. The number of hydrogen-bond acceptors (Lipinski definition) is 5. The highest BCUT2D eigenvalue weighted by atomic mass is 35.5. The lowest BCUT2D eigenvalue weighted by atomic mass is 10.1. The standard InChI is InChI=1S/C13H15ClN4O2/c1-7-9(4-15)13(17-5-10(7)14)18-6-8(20-2)3-11(18)12(16)19/h5,8,11H,3,6H2,1-2H3,(H2,16,19)/t8-,11-/m0/s1. The molecule has 0 saturated carbocycles. The first-order valence-corrected chi connectivity index (χ1v) is 6.51. The van der Waals surface area contributed by atoms with Crippen molar-refractivity contribution < 1.29 is 9.53 Å². The molecule has 1 aliphatic rings. The minimum Gasteiger partial charge on any atom is -0.380 e. The van der Waals surface area contributed by atoms with Crippen molar-refractivity contribution in [1.82, 2.24) is 4.98 Å². The van der Waals surface area contributed by atoms with Crippen LogP contribution in [-0.2, 0) is 9.53 Å². The fourth-order valence-corrected chi connectivity index (χ4v) is 2.53. The molecule has 20 heavy (non-hydrogen) atoms. The van der Waals surface area contributed by atoms with Gasteiger partial charge >= 0.3 is 0 Å². The maximum atomic E-state index is 11.6. The largest absolute Gasteiger partial charge is 0.380 e. The van der Waals surface area contributed by atoms with E-state index >= 15 is 0 Å². The molecule has 2 N–H and O–H groups in total. The van der Waals surface area contributed by atoms with Crippen LogP contribution in [0, 0.1) is 18.3 Å². The molecule has 2 rings (SSSR count). The lowest BCUT2D eigenvalue weighted by molar-refractivity contribution is -0.119. The van der Waals surface area contributed by atoms with Gasteiger partial charge in [0, 0.05) is 26.3 Å². The predicted molar refractivity (Wildman–Crippen MR) is 74.4 cm³/mol. The zero-order valence-corrected chi connectivity index (χ0v) is 12.0. The zero-order valence-electron chi connectivity index (χ0n) is 11.3. The minimum absolute atomic E-state index is 0.114. The average molecular weight is 295 g/mol. The van der Waals surface area contributed by atoms with Crippen LogP contribution in [0.1, 0.15) is 17.5 Å². The number of hydrogen-bond donors (Lipinski definition) is 1. The molecule has 2 atom stereocenters. The molecule has 0 aromatic carbocycles. The molecule has 0 spiro atoms. The Balaban J connectivity index is 2.47. The third kappa shape index (κ3) is 2.42. The van der Waals surface area contributed by atoms with Crippen LogP contribution >= 0.6 is 11.6 Å². The zero-order chi connectivity index (χ0) is 14.9. The predicted octanol–water partition coefficient (Wildman–Crippen LogP) is 0.994. The topological polar surface area (TPSA) is 92.2 Å². The Kier molecular flexibility index (Phi) is 4.12. The molecular formula is C13H15ClN4O2. The van der Waals surface area contributed by atoms with Crippen molar-refractivity contribution in [2.24, 2.45) is 5.73 Å². The van der Waals surface area contributed by atoms with E-state index in [2.05, 4.69) is 11.1 Å². The summed E-state index contributed by atoms with van der Waals surface area (Å²) >= 11 is 5.98. The smallest absolute Gasteiger partial charge is 0.240 e. The molecule has 1 aromatic rings. The summed E-state index contributed by atoms with van der Waals surface area (Å²) < 4.78 is 5.28. The van der Waals surface area contributed by atoms with Crippen LogP contribution in [0.2, 0.25) is 5.02 Å². The molecule has 0 bridgehead atoms. The molecular weight excluding hydrogens is 280 g/mol. The number of primary amides is 1. The maximum absolute atomic E-state index is 11.6. The molecule has 0 radical (unpaired) electrons. The SMILES string of the molecule is CO[C@H]1C[C@@H](C(N)=O)N(c2ncc(Cl)c(C)c2C#N)C1. The van der Waals surface area contributed by atoms with E-state index in [-0.39, 0.29) is 6.10 Å². The molecule has 7 heteroatoms. The Labute approximate surface area is 122 Å². The van der Waals surface area contributed by atoms with Gasteiger partial charge in [-0.1, -0.05) is 11.6 Å². The van der Waals surface area contributed by atoms with Gasteiger partial charge < -0.3 is 15.4 Å². The second-order valence-corrected chi connectivity index (χ2v) is 5.11. The number of carbonyl (C=O) groups excluding carboxylic acids is 1. The summed E-state index contributed by atoms with van der Waals surface area (Å²) in [5.74, 6) is -0.0272.